The van der Waals surface area contributed by atoms with Crippen LogP contribution in [0.3, 0.4) is 0 Å². The van der Waals surface area contributed by atoms with Crippen molar-refractivity contribution in [3.05, 3.63) is 47.1 Å². The zero-order chi connectivity index (χ0) is 26.6. The van der Waals surface area contributed by atoms with E-state index in [0.29, 0.717) is 42.0 Å². The smallest absolute Gasteiger partial charge is 0.403 e. The van der Waals surface area contributed by atoms with Gasteiger partial charge < -0.3 is 15.2 Å². The summed E-state index contributed by atoms with van der Waals surface area (Å²) in [6.07, 6.45) is -2.02. The standard InChI is InChI=1S/C25H25ClF3N5O3/c1-2-11-37-19-8-6-16(14-30-19)20-32-21(34-23(36)33-20)17-12-15(5-7-18(17)26)13-31-22(35)24(25(27,28)29)9-3-4-10-24/h5-8,12,14H,2-4,9-11,13H2,1H3,(H,31,35)(H,32,33,34,36). The Kier molecular flexibility index (Phi) is 7.82. The number of hydrogen-bond donors (Lipinski definition) is 2. The van der Waals surface area contributed by atoms with Gasteiger partial charge in [0.05, 0.1) is 11.6 Å². The van der Waals surface area contributed by atoms with Gasteiger partial charge in [-0.15, -0.1) is 0 Å². The third-order valence-electron chi connectivity index (χ3n) is 6.23. The summed E-state index contributed by atoms with van der Waals surface area (Å²) in [4.78, 5) is 29.1. The fourth-order valence-electron chi connectivity index (χ4n) is 4.24. The summed E-state index contributed by atoms with van der Waals surface area (Å²) in [5, 5.41) is 12.8. The first-order valence-electron chi connectivity index (χ1n) is 11.8. The van der Waals surface area contributed by atoms with Crippen LogP contribution >= 0.6 is 11.6 Å². The largest absolute Gasteiger partial charge is 0.479 e. The number of alkyl halides is 3. The molecule has 0 unspecified atom stereocenters. The van der Waals surface area contributed by atoms with Gasteiger partial charge in [-0.2, -0.15) is 23.1 Å². The molecule has 2 heterocycles. The Balaban J connectivity index is 1.56. The quantitative estimate of drug-likeness (QED) is 0.392. The van der Waals surface area contributed by atoms with Crippen molar-refractivity contribution in [1.29, 1.82) is 0 Å². The Morgan fingerprint density at radius 2 is 1.86 bits per heavy atom. The van der Waals surface area contributed by atoms with Gasteiger partial charge in [0.1, 0.15) is 5.41 Å². The molecule has 8 nitrogen and oxygen atoms in total. The monoisotopic (exact) mass is 535 g/mol. The SMILES string of the molecule is CCCOc1ccc(-c2nc(O)nc(-c3cc(CNC(=O)C4(C(F)(F)F)CCCC4)ccc3Cl)n2)cn1. The van der Waals surface area contributed by atoms with Gasteiger partial charge in [0, 0.05) is 29.9 Å². The highest BCUT2D eigenvalue weighted by atomic mass is 35.5. The maximum absolute atomic E-state index is 13.7. The molecule has 0 atom stereocenters. The average Bonchev–Trinajstić information content (AvgIpc) is 3.39. The predicted molar refractivity (Wildman–Crippen MR) is 130 cm³/mol. The van der Waals surface area contributed by atoms with E-state index in [-0.39, 0.29) is 36.1 Å². The molecule has 0 bridgehead atoms. The van der Waals surface area contributed by atoms with Crippen LogP contribution in [0, 0.1) is 5.41 Å². The minimum absolute atomic E-state index is 0.0505. The second-order valence-electron chi connectivity index (χ2n) is 8.80. The van der Waals surface area contributed by atoms with Gasteiger partial charge in [0.2, 0.25) is 11.8 Å². The molecule has 3 aromatic rings. The Morgan fingerprint density at radius 3 is 2.51 bits per heavy atom. The number of amides is 1. The van der Waals surface area contributed by atoms with E-state index in [4.69, 9.17) is 16.3 Å². The summed E-state index contributed by atoms with van der Waals surface area (Å²) in [6.45, 7) is 2.36. The van der Waals surface area contributed by atoms with Crippen molar-refractivity contribution in [1.82, 2.24) is 25.3 Å². The molecule has 37 heavy (non-hydrogen) atoms. The molecule has 0 saturated heterocycles. The highest BCUT2D eigenvalue weighted by Crippen LogP contribution is 2.50. The molecule has 4 rings (SSSR count). The molecule has 1 amide bonds. The molecule has 1 aliphatic carbocycles. The summed E-state index contributed by atoms with van der Waals surface area (Å²) in [5.41, 5.74) is -1.06. The zero-order valence-corrected chi connectivity index (χ0v) is 20.7. The molecule has 196 valence electrons. The predicted octanol–water partition coefficient (Wildman–Crippen LogP) is 5.49. The van der Waals surface area contributed by atoms with E-state index in [9.17, 15) is 23.1 Å². The van der Waals surface area contributed by atoms with Crippen LogP contribution in [0.2, 0.25) is 5.02 Å². The Hall–Kier alpha value is -3.47. The van der Waals surface area contributed by atoms with E-state index in [0.717, 1.165) is 6.42 Å². The number of benzene rings is 1. The van der Waals surface area contributed by atoms with Crippen molar-refractivity contribution in [3.63, 3.8) is 0 Å². The highest BCUT2D eigenvalue weighted by molar-refractivity contribution is 6.33. The number of nitrogens with zero attached hydrogens (tertiary/aromatic N) is 4. The summed E-state index contributed by atoms with van der Waals surface area (Å²) >= 11 is 6.35. The average molecular weight is 536 g/mol. The maximum atomic E-state index is 13.7. The van der Waals surface area contributed by atoms with Crippen LogP contribution in [0.15, 0.2) is 36.5 Å². The lowest BCUT2D eigenvalue weighted by Crippen LogP contribution is -2.48. The van der Waals surface area contributed by atoms with Crippen LogP contribution < -0.4 is 10.1 Å². The molecule has 1 fully saturated rings. The number of aromatic nitrogens is 4. The van der Waals surface area contributed by atoms with Gasteiger partial charge in [0.15, 0.2) is 11.6 Å². The lowest BCUT2D eigenvalue weighted by molar-refractivity contribution is -0.220. The van der Waals surface area contributed by atoms with E-state index in [1.54, 1.807) is 24.3 Å². The Labute approximate surface area is 216 Å². The first-order chi connectivity index (χ1) is 17.6. The van der Waals surface area contributed by atoms with Gasteiger partial charge >= 0.3 is 12.2 Å². The molecule has 0 spiro atoms. The minimum atomic E-state index is -4.62. The molecule has 0 radical (unpaired) electrons. The van der Waals surface area contributed by atoms with E-state index in [1.807, 2.05) is 6.92 Å². The third kappa shape index (κ3) is 5.76. The Bertz CT molecular complexity index is 1270. The van der Waals surface area contributed by atoms with Crippen molar-refractivity contribution in [2.75, 3.05) is 6.61 Å². The number of nitrogens with one attached hydrogen (secondary N) is 1. The van der Waals surface area contributed by atoms with Crippen LogP contribution in [0.4, 0.5) is 13.2 Å². The molecule has 2 aromatic heterocycles. The second-order valence-corrected chi connectivity index (χ2v) is 9.21. The van der Waals surface area contributed by atoms with Gasteiger partial charge in [-0.25, -0.2) is 9.97 Å². The van der Waals surface area contributed by atoms with E-state index in [1.165, 1.54) is 12.3 Å². The molecule has 1 aliphatic rings. The normalized spacial score (nSPS) is 14.9. The lowest BCUT2D eigenvalue weighted by Gasteiger charge is -2.30. The summed E-state index contributed by atoms with van der Waals surface area (Å²) in [6, 6.07) is 7.45. The molecule has 12 heteroatoms. The van der Waals surface area contributed by atoms with Crippen molar-refractivity contribution in [3.8, 4) is 34.7 Å². The molecule has 0 aliphatic heterocycles. The first-order valence-corrected chi connectivity index (χ1v) is 12.2. The van der Waals surface area contributed by atoms with Gasteiger partial charge in [-0.1, -0.05) is 37.4 Å². The topological polar surface area (TPSA) is 110 Å². The number of pyridine rings is 1. The lowest BCUT2D eigenvalue weighted by atomic mass is 9.84. The van der Waals surface area contributed by atoms with Crippen molar-refractivity contribution >= 4 is 17.5 Å². The van der Waals surface area contributed by atoms with Gasteiger partial charge in [-0.3, -0.25) is 4.79 Å². The first kappa shape index (κ1) is 26.6. The number of carbonyl (C=O) groups excluding carboxylic acids is 1. The van der Waals surface area contributed by atoms with Crippen molar-refractivity contribution in [2.24, 2.45) is 5.41 Å². The van der Waals surface area contributed by atoms with E-state index < -0.39 is 23.5 Å². The van der Waals surface area contributed by atoms with Gasteiger partial charge in [-0.05, 0) is 43.0 Å². The van der Waals surface area contributed by atoms with Crippen molar-refractivity contribution in [2.45, 2.75) is 51.7 Å². The minimum Gasteiger partial charge on any atom is -0.479 e. The van der Waals surface area contributed by atoms with Crippen molar-refractivity contribution < 1.29 is 27.8 Å². The summed E-state index contributed by atoms with van der Waals surface area (Å²) in [7, 11) is 0. The van der Waals surface area contributed by atoms with E-state index in [2.05, 4.69) is 25.3 Å². The fourth-order valence-corrected chi connectivity index (χ4v) is 4.44. The van der Waals surface area contributed by atoms with Crippen LogP contribution in [-0.4, -0.2) is 43.7 Å². The highest BCUT2D eigenvalue weighted by Gasteiger charge is 2.60. The van der Waals surface area contributed by atoms with E-state index >= 15 is 0 Å². The third-order valence-corrected chi connectivity index (χ3v) is 6.56. The fraction of sp³-hybridized carbons (Fsp3) is 0.400. The number of ether oxygens (including phenoxy) is 1. The molecule has 2 N–H and O–H groups in total. The maximum Gasteiger partial charge on any atom is 0.403 e. The van der Waals surface area contributed by atoms with Crippen LogP contribution in [-0.2, 0) is 11.3 Å². The van der Waals surface area contributed by atoms with Crippen LogP contribution in [0.25, 0.3) is 22.8 Å². The zero-order valence-electron chi connectivity index (χ0n) is 20.0. The second kappa shape index (κ2) is 10.9. The molecular formula is C25H25ClF3N5O3. The summed E-state index contributed by atoms with van der Waals surface area (Å²) < 4.78 is 46.5. The molecular weight excluding hydrogens is 511 g/mol. The Morgan fingerprint density at radius 1 is 1.14 bits per heavy atom. The number of carbonyl (C=O) groups is 1. The summed E-state index contributed by atoms with van der Waals surface area (Å²) in [5.74, 6) is -0.408. The number of hydrogen-bond acceptors (Lipinski definition) is 7. The number of aromatic hydroxyl groups is 1. The van der Waals surface area contributed by atoms with Gasteiger partial charge in [0.25, 0.3) is 0 Å². The number of rotatable bonds is 8. The molecule has 1 saturated carbocycles. The van der Waals surface area contributed by atoms with Crippen LogP contribution in [0.5, 0.6) is 11.9 Å². The van der Waals surface area contributed by atoms with Crippen LogP contribution in [0.1, 0.15) is 44.6 Å². The molecule has 1 aromatic carbocycles. The number of halogens is 4.